The summed E-state index contributed by atoms with van der Waals surface area (Å²) in [7, 11) is 0. The van der Waals surface area contributed by atoms with Crippen LogP contribution in [0.15, 0.2) is 47.5 Å². The SMILES string of the molecule is N=C(C(=O)O)C(CO)C(=Nc1ccc(Cl)cc1Cl)c1ccc(Cl)cc1. The van der Waals surface area contributed by atoms with Gasteiger partial charge in [-0.15, -0.1) is 0 Å². The summed E-state index contributed by atoms with van der Waals surface area (Å²) in [5.74, 6) is -2.58. The molecule has 1 atom stereocenters. The third-order valence-corrected chi connectivity index (χ3v) is 4.17. The van der Waals surface area contributed by atoms with E-state index in [1.165, 1.54) is 6.07 Å². The third kappa shape index (κ3) is 4.80. The molecule has 0 fully saturated rings. The topological polar surface area (TPSA) is 93.7 Å². The van der Waals surface area contributed by atoms with Gasteiger partial charge in [-0.25, -0.2) is 4.79 Å². The summed E-state index contributed by atoms with van der Waals surface area (Å²) in [6, 6.07) is 11.1. The summed E-state index contributed by atoms with van der Waals surface area (Å²) in [4.78, 5) is 15.6. The molecule has 0 saturated carbocycles. The number of aliphatic hydroxyl groups is 1. The predicted octanol–water partition coefficient (Wildman–Crippen LogP) is 4.48. The fourth-order valence-electron chi connectivity index (χ4n) is 2.13. The molecule has 0 aliphatic heterocycles. The summed E-state index contributed by atoms with van der Waals surface area (Å²) in [5, 5.41) is 27.7. The van der Waals surface area contributed by atoms with Crippen LogP contribution in [0.1, 0.15) is 5.56 Å². The molecule has 0 aromatic heterocycles. The van der Waals surface area contributed by atoms with Crippen LogP contribution in [0.5, 0.6) is 0 Å². The number of nitrogens with zero attached hydrogens (tertiary/aromatic N) is 1. The number of carboxylic acids is 1. The minimum atomic E-state index is -1.44. The summed E-state index contributed by atoms with van der Waals surface area (Å²) in [6.07, 6.45) is 0. The van der Waals surface area contributed by atoms with E-state index in [1.807, 2.05) is 0 Å². The third-order valence-electron chi connectivity index (χ3n) is 3.38. The van der Waals surface area contributed by atoms with Gasteiger partial charge in [-0.1, -0.05) is 46.9 Å². The molecule has 0 aliphatic carbocycles. The van der Waals surface area contributed by atoms with E-state index in [4.69, 9.17) is 45.3 Å². The Balaban J connectivity index is 2.62. The second-order valence-corrected chi connectivity index (χ2v) is 6.33. The second-order valence-electron chi connectivity index (χ2n) is 5.05. The molecular formula is C17H13Cl3N2O3. The Morgan fingerprint density at radius 3 is 2.20 bits per heavy atom. The number of halogens is 3. The first-order valence-corrected chi connectivity index (χ1v) is 8.19. The molecule has 8 heteroatoms. The summed E-state index contributed by atoms with van der Waals surface area (Å²) in [5.41, 5.74) is 0.366. The standard InChI is InChI=1S/C17H13Cl3N2O3/c18-10-3-1-9(2-4-10)16(12(8-23)15(21)17(24)25)22-14-6-5-11(19)7-13(14)20/h1-7,12,21,23H,8H2,(H,24,25). The van der Waals surface area contributed by atoms with Crippen molar-refractivity contribution in [2.75, 3.05) is 6.61 Å². The normalized spacial score (nSPS) is 12.7. The fraction of sp³-hybridized carbons (Fsp3) is 0.118. The lowest BCUT2D eigenvalue weighted by Crippen LogP contribution is -2.33. The van der Waals surface area contributed by atoms with Crippen molar-refractivity contribution < 1.29 is 15.0 Å². The molecule has 0 amide bonds. The second kappa shape index (κ2) is 8.45. The molecule has 130 valence electrons. The monoisotopic (exact) mass is 398 g/mol. The molecule has 0 heterocycles. The Hall–Kier alpha value is -1.92. The van der Waals surface area contributed by atoms with Crippen molar-refractivity contribution in [2.45, 2.75) is 0 Å². The Bertz CT molecular complexity index is 836. The predicted molar refractivity (Wildman–Crippen MR) is 100 cm³/mol. The highest BCUT2D eigenvalue weighted by atomic mass is 35.5. The van der Waals surface area contributed by atoms with Crippen LogP contribution in [0.2, 0.25) is 15.1 Å². The zero-order chi connectivity index (χ0) is 18.6. The van der Waals surface area contributed by atoms with Crippen molar-refractivity contribution in [2.24, 2.45) is 10.9 Å². The van der Waals surface area contributed by atoms with Crippen LogP contribution in [0.3, 0.4) is 0 Å². The van der Waals surface area contributed by atoms with E-state index in [1.54, 1.807) is 36.4 Å². The number of aliphatic carboxylic acids is 1. The molecule has 0 aliphatic rings. The van der Waals surface area contributed by atoms with E-state index in [-0.39, 0.29) is 10.7 Å². The van der Waals surface area contributed by atoms with Gasteiger partial charge in [-0.3, -0.25) is 10.4 Å². The lowest BCUT2D eigenvalue weighted by molar-refractivity contribution is -0.129. The highest BCUT2D eigenvalue weighted by molar-refractivity contribution is 6.41. The van der Waals surface area contributed by atoms with Crippen LogP contribution < -0.4 is 0 Å². The maximum absolute atomic E-state index is 11.2. The van der Waals surface area contributed by atoms with Crippen LogP contribution in [0.25, 0.3) is 0 Å². The lowest BCUT2D eigenvalue weighted by Gasteiger charge is -2.17. The van der Waals surface area contributed by atoms with Gasteiger partial charge in [0.05, 0.1) is 28.9 Å². The first kappa shape index (κ1) is 19.4. The molecule has 5 nitrogen and oxygen atoms in total. The van der Waals surface area contributed by atoms with E-state index in [9.17, 15) is 9.90 Å². The van der Waals surface area contributed by atoms with Gasteiger partial charge in [0.1, 0.15) is 5.71 Å². The highest BCUT2D eigenvalue weighted by Crippen LogP contribution is 2.30. The Morgan fingerprint density at radius 2 is 1.68 bits per heavy atom. The van der Waals surface area contributed by atoms with E-state index >= 15 is 0 Å². The number of benzene rings is 2. The minimum Gasteiger partial charge on any atom is -0.477 e. The van der Waals surface area contributed by atoms with Crippen molar-refractivity contribution >= 4 is 57.9 Å². The van der Waals surface area contributed by atoms with E-state index < -0.39 is 24.2 Å². The van der Waals surface area contributed by atoms with Gasteiger partial charge in [-0.2, -0.15) is 0 Å². The number of carbonyl (C=O) groups is 1. The Labute approximate surface area is 159 Å². The number of aliphatic hydroxyl groups excluding tert-OH is 1. The zero-order valence-corrected chi connectivity index (χ0v) is 15.0. The van der Waals surface area contributed by atoms with Gasteiger partial charge in [-0.05, 0) is 35.9 Å². The van der Waals surface area contributed by atoms with Crippen LogP contribution in [-0.2, 0) is 4.79 Å². The molecule has 0 saturated heterocycles. The number of hydrogen-bond donors (Lipinski definition) is 3. The molecule has 1 unspecified atom stereocenters. The van der Waals surface area contributed by atoms with Crippen LogP contribution >= 0.6 is 34.8 Å². The van der Waals surface area contributed by atoms with Gasteiger partial charge in [0.15, 0.2) is 0 Å². The Morgan fingerprint density at radius 1 is 1.08 bits per heavy atom. The molecule has 0 spiro atoms. The van der Waals surface area contributed by atoms with E-state index in [2.05, 4.69) is 4.99 Å². The van der Waals surface area contributed by atoms with Crippen molar-refractivity contribution in [1.29, 1.82) is 5.41 Å². The van der Waals surface area contributed by atoms with Crippen molar-refractivity contribution in [3.05, 3.63) is 63.1 Å². The van der Waals surface area contributed by atoms with Crippen molar-refractivity contribution in [1.82, 2.24) is 0 Å². The number of carboxylic acid groups (broad SMARTS) is 1. The molecule has 2 rings (SSSR count). The van der Waals surface area contributed by atoms with E-state index in [0.717, 1.165) is 0 Å². The summed E-state index contributed by atoms with van der Waals surface area (Å²) in [6.45, 7) is -0.599. The molecule has 0 radical (unpaired) electrons. The summed E-state index contributed by atoms with van der Waals surface area (Å²) < 4.78 is 0. The quantitative estimate of drug-likeness (QED) is 0.625. The minimum absolute atomic E-state index is 0.191. The number of rotatable bonds is 6. The number of aliphatic imine (C=N–C) groups is 1. The van der Waals surface area contributed by atoms with Gasteiger partial charge in [0, 0.05) is 10.0 Å². The molecular weight excluding hydrogens is 387 g/mol. The van der Waals surface area contributed by atoms with Crippen molar-refractivity contribution in [3.63, 3.8) is 0 Å². The molecule has 2 aromatic carbocycles. The lowest BCUT2D eigenvalue weighted by atomic mass is 9.92. The average molecular weight is 400 g/mol. The molecule has 3 N–H and O–H groups in total. The number of hydrogen-bond acceptors (Lipinski definition) is 4. The van der Waals surface area contributed by atoms with Crippen LogP contribution in [0, 0.1) is 11.3 Å². The van der Waals surface area contributed by atoms with Gasteiger partial charge < -0.3 is 10.2 Å². The molecule has 25 heavy (non-hydrogen) atoms. The largest absolute Gasteiger partial charge is 0.477 e. The highest BCUT2D eigenvalue weighted by Gasteiger charge is 2.27. The molecule has 0 bridgehead atoms. The molecule has 2 aromatic rings. The smallest absolute Gasteiger partial charge is 0.350 e. The van der Waals surface area contributed by atoms with Gasteiger partial charge >= 0.3 is 5.97 Å². The van der Waals surface area contributed by atoms with Gasteiger partial charge in [0.25, 0.3) is 0 Å². The zero-order valence-electron chi connectivity index (χ0n) is 12.7. The first-order chi connectivity index (χ1) is 11.8. The maximum Gasteiger partial charge on any atom is 0.350 e. The first-order valence-electron chi connectivity index (χ1n) is 7.05. The Kier molecular flexibility index (Phi) is 6.56. The van der Waals surface area contributed by atoms with E-state index in [0.29, 0.717) is 21.3 Å². The van der Waals surface area contributed by atoms with Crippen molar-refractivity contribution in [3.8, 4) is 0 Å². The van der Waals surface area contributed by atoms with Gasteiger partial charge in [0.2, 0.25) is 0 Å². The van der Waals surface area contributed by atoms with Crippen LogP contribution in [-0.4, -0.2) is 34.2 Å². The summed E-state index contributed by atoms with van der Waals surface area (Å²) >= 11 is 17.9. The maximum atomic E-state index is 11.2. The average Bonchev–Trinajstić information content (AvgIpc) is 2.57. The number of nitrogens with one attached hydrogen (secondary N) is 1. The van der Waals surface area contributed by atoms with Crippen LogP contribution in [0.4, 0.5) is 5.69 Å². The fourth-order valence-corrected chi connectivity index (χ4v) is 2.71.